The largest absolute Gasteiger partial charge is 0.461 e. The summed E-state index contributed by atoms with van der Waals surface area (Å²) in [6.07, 6.45) is 14.1. The van der Waals surface area contributed by atoms with Gasteiger partial charge in [0.05, 0.1) is 24.2 Å². The predicted octanol–water partition coefficient (Wildman–Crippen LogP) is 8.97. The number of unbranched alkanes of at least 4 members (excludes halogenated alkanes) is 2. The number of hydrogen-bond donors (Lipinski definition) is 3. The number of ketones is 4. The van der Waals surface area contributed by atoms with Gasteiger partial charge in [0.1, 0.15) is 24.1 Å². The molecule has 2 aliphatic heterocycles. The fourth-order valence-electron chi connectivity index (χ4n) is 10.2. The molecule has 2 fully saturated rings. The number of carbonyl (C=O) groups is 5. The van der Waals surface area contributed by atoms with Crippen molar-refractivity contribution < 1.29 is 58.2 Å². The molecule has 0 radical (unpaired) electrons. The predicted molar refractivity (Wildman–Crippen MR) is 256 cm³/mol. The topological polar surface area (TPSA) is 183 Å². The first-order valence-corrected chi connectivity index (χ1v) is 25.1. The lowest BCUT2D eigenvalue weighted by atomic mass is 9.74. The molecule has 0 amide bonds. The van der Waals surface area contributed by atoms with Gasteiger partial charge in [0, 0.05) is 51.2 Å². The van der Waals surface area contributed by atoms with Crippen LogP contribution in [0.3, 0.4) is 0 Å². The van der Waals surface area contributed by atoms with E-state index in [4.69, 9.17) is 18.9 Å². The normalized spacial score (nSPS) is 38.9. The Morgan fingerprint density at radius 1 is 0.848 bits per heavy atom. The summed E-state index contributed by atoms with van der Waals surface area (Å²) in [7, 11) is 2.97. The van der Waals surface area contributed by atoms with Crippen LogP contribution in [-0.4, -0.2) is 101 Å². The van der Waals surface area contributed by atoms with Gasteiger partial charge in [-0.2, -0.15) is 0 Å². The van der Waals surface area contributed by atoms with Gasteiger partial charge in [-0.25, -0.2) is 0 Å². The highest BCUT2D eigenvalue weighted by Gasteiger charge is 2.51. The van der Waals surface area contributed by atoms with E-state index in [0.29, 0.717) is 50.5 Å². The van der Waals surface area contributed by atoms with Gasteiger partial charge in [0.2, 0.25) is 11.6 Å². The van der Waals surface area contributed by atoms with Crippen LogP contribution in [0.25, 0.3) is 0 Å². The van der Waals surface area contributed by atoms with Crippen LogP contribution < -0.4 is 0 Å². The molecule has 2 heterocycles. The molecule has 12 nitrogen and oxygen atoms in total. The molecule has 0 spiro atoms. The van der Waals surface area contributed by atoms with Crippen LogP contribution in [0.4, 0.5) is 0 Å². The summed E-state index contributed by atoms with van der Waals surface area (Å²) in [5.74, 6) is -8.22. The number of rotatable bonds is 10. The molecule has 1 saturated heterocycles. The molecular weight excluding hydrogens is 841 g/mol. The summed E-state index contributed by atoms with van der Waals surface area (Å²) < 4.78 is 23.9. The van der Waals surface area contributed by atoms with Gasteiger partial charge < -0.3 is 34.3 Å². The Kier molecular flexibility index (Phi) is 24.1. The SMILES string of the molecule is CCCCCC1CC(=O)C(=O)C2(O)OC(CCC2C)CC(OC)\C(C)=C/C=C/C=C/C(C)CC(C)C(=O)C(OC)C(O)/C(C)=C\C(C)C(=O)CC(C(C)CC2CCC(O)C(CC)C2)OC1=O. The minimum absolute atomic E-state index is 0.0263. The van der Waals surface area contributed by atoms with E-state index in [9.17, 15) is 39.3 Å². The molecule has 12 heteroatoms. The van der Waals surface area contributed by atoms with Crippen molar-refractivity contribution in [2.45, 2.75) is 201 Å². The summed E-state index contributed by atoms with van der Waals surface area (Å²) in [5, 5.41) is 33.9. The monoisotopic (exact) mass is 927 g/mol. The summed E-state index contributed by atoms with van der Waals surface area (Å²) in [6.45, 7) is 16.9. The van der Waals surface area contributed by atoms with E-state index in [0.717, 1.165) is 37.7 Å². The first-order valence-electron chi connectivity index (χ1n) is 25.1. The van der Waals surface area contributed by atoms with Crippen molar-refractivity contribution >= 4 is 29.1 Å². The second kappa shape index (κ2) is 27.8. The lowest BCUT2D eigenvalue weighted by Gasteiger charge is -2.41. The van der Waals surface area contributed by atoms with Crippen LogP contribution >= 0.6 is 0 Å². The number of ether oxygens (including phenoxy) is 4. The minimum Gasteiger partial charge on any atom is -0.461 e. The molecule has 66 heavy (non-hydrogen) atoms. The molecule has 3 N–H and O–H groups in total. The summed E-state index contributed by atoms with van der Waals surface area (Å²) in [6, 6.07) is 0. The highest BCUT2D eigenvalue weighted by atomic mass is 16.6. The molecule has 2 bridgehead atoms. The quantitative estimate of drug-likeness (QED) is 0.0820. The third-order valence-corrected chi connectivity index (χ3v) is 14.8. The number of esters is 1. The van der Waals surface area contributed by atoms with Crippen molar-refractivity contribution in [3.05, 3.63) is 47.6 Å². The summed E-state index contributed by atoms with van der Waals surface area (Å²) >= 11 is 0. The van der Waals surface area contributed by atoms with Crippen molar-refractivity contribution in [1.82, 2.24) is 0 Å². The molecule has 0 aromatic rings. The fourth-order valence-corrected chi connectivity index (χ4v) is 10.2. The van der Waals surface area contributed by atoms with Gasteiger partial charge in [-0.05, 0) is 100 Å². The van der Waals surface area contributed by atoms with Crippen LogP contribution in [0.1, 0.15) is 159 Å². The van der Waals surface area contributed by atoms with Gasteiger partial charge in [0.25, 0.3) is 5.78 Å². The highest BCUT2D eigenvalue weighted by Crippen LogP contribution is 2.38. The van der Waals surface area contributed by atoms with Gasteiger partial charge >= 0.3 is 5.97 Å². The van der Waals surface area contributed by atoms with Gasteiger partial charge in [-0.15, -0.1) is 0 Å². The zero-order valence-corrected chi connectivity index (χ0v) is 42.2. The van der Waals surface area contributed by atoms with Crippen LogP contribution in [0.15, 0.2) is 47.6 Å². The number of carbonyl (C=O) groups excluding carboxylic acids is 5. The first-order chi connectivity index (χ1) is 31.2. The van der Waals surface area contributed by atoms with E-state index < -0.39 is 83.9 Å². The third kappa shape index (κ3) is 16.5. The van der Waals surface area contributed by atoms with Crippen molar-refractivity contribution in [2.24, 2.45) is 47.3 Å². The van der Waals surface area contributed by atoms with E-state index in [1.165, 1.54) is 7.11 Å². The molecule has 3 aliphatic rings. The lowest BCUT2D eigenvalue weighted by molar-refractivity contribution is -0.264. The Morgan fingerprint density at radius 2 is 1.56 bits per heavy atom. The number of cyclic esters (lactones) is 1. The van der Waals surface area contributed by atoms with Gasteiger partial charge in [-0.1, -0.05) is 111 Å². The molecule has 1 saturated carbocycles. The van der Waals surface area contributed by atoms with E-state index >= 15 is 0 Å². The van der Waals surface area contributed by atoms with Crippen LogP contribution in [-0.2, 0) is 42.9 Å². The standard InChI is InChI=1S/C54H86O12/c1-12-14-16-21-42-30-46(57)52(60)54(62)39(9)22-24-43(66-54)31-47(63-10)34(4)20-18-15-17-19-33(3)26-37(7)49(58)51(64-11)50(59)38(8)27-35(5)45(56)32-48(65-53(42)61)36(6)28-40-23-25-44(55)41(13-2)29-40/h15,17-20,27,33,35-37,39-44,47-48,50-51,55,59,62H,12-14,16,21-26,28-32H2,1-11H3/b18-15+,19-17+,34-20-,38-27-. The number of allylic oxidation sites excluding steroid dienone is 6. The molecule has 0 aromatic carbocycles. The maximum Gasteiger partial charge on any atom is 0.309 e. The van der Waals surface area contributed by atoms with Crippen molar-refractivity contribution in [2.75, 3.05) is 14.2 Å². The Balaban J connectivity index is 2.06. The van der Waals surface area contributed by atoms with E-state index in [1.54, 1.807) is 34.0 Å². The number of fused-ring (bicyclic) bond motifs is 2. The Bertz CT molecular complexity index is 1710. The number of methoxy groups -OCH3 is 2. The molecule has 15 unspecified atom stereocenters. The molecule has 3 rings (SSSR count). The van der Waals surface area contributed by atoms with Crippen molar-refractivity contribution in [3.8, 4) is 0 Å². The summed E-state index contributed by atoms with van der Waals surface area (Å²) in [4.78, 5) is 70.3. The van der Waals surface area contributed by atoms with Gasteiger partial charge in [0.15, 0.2) is 5.78 Å². The Labute approximate surface area is 396 Å². The summed E-state index contributed by atoms with van der Waals surface area (Å²) in [5.41, 5.74) is 1.29. The fraction of sp³-hybridized carbons (Fsp3) is 0.759. The second-order valence-corrected chi connectivity index (χ2v) is 20.3. The van der Waals surface area contributed by atoms with Crippen LogP contribution in [0.2, 0.25) is 0 Å². The van der Waals surface area contributed by atoms with E-state index in [1.807, 2.05) is 65.0 Å². The second-order valence-electron chi connectivity index (χ2n) is 20.3. The average Bonchev–Trinajstić information content (AvgIpc) is 3.28. The van der Waals surface area contributed by atoms with E-state index in [-0.39, 0.29) is 54.2 Å². The molecule has 1 aliphatic carbocycles. The maximum atomic E-state index is 14.4. The zero-order chi connectivity index (χ0) is 49.3. The van der Waals surface area contributed by atoms with Gasteiger partial charge in [-0.3, -0.25) is 24.0 Å². The number of aliphatic hydroxyl groups is 3. The lowest BCUT2D eigenvalue weighted by Crippen LogP contribution is -2.56. The maximum absolute atomic E-state index is 14.4. The van der Waals surface area contributed by atoms with Crippen molar-refractivity contribution in [1.29, 1.82) is 0 Å². The number of aliphatic hydroxyl groups excluding tert-OH is 2. The minimum atomic E-state index is -2.38. The Morgan fingerprint density at radius 3 is 2.21 bits per heavy atom. The number of Topliss-reactive ketones (excluding diaryl/α,β-unsaturated/α-hetero) is 4. The smallest absolute Gasteiger partial charge is 0.309 e. The average molecular weight is 927 g/mol. The molecule has 0 aromatic heterocycles. The van der Waals surface area contributed by atoms with E-state index in [2.05, 4.69) is 6.92 Å². The van der Waals surface area contributed by atoms with Crippen LogP contribution in [0.5, 0.6) is 0 Å². The first kappa shape index (κ1) is 57.2. The molecule has 374 valence electrons. The number of hydrogen-bond acceptors (Lipinski definition) is 12. The third-order valence-electron chi connectivity index (χ3n) is 14.8. The molecular formula is C54H86O12. The zero-order valence-electron chi connectivity index (χ0n) is 42.2. The Hall–Kier alpha value is -3.13. The highest BCUT2D eigenvalue weighted by molar-refractivity contribution is 6.40. The van der Waals surface area contributed by atoms with Crippen molar-refractivity contribution in [3.63, 3.8) is 0 Å². The molecule has 15 atom stereocenters. The van der Waals surface area contributed by atoms with Crippen LogP contribution in [0, 0.1) is 47.3 Å².